The topological polar surface area (TPSA) is 36.0 Å². The molecule has 2 saturated heterocycles. The number of hydrogen-bond donors (Lipinski definition) is 0. The van der Waals surface area contributed by atoms with Gasteiger partial charge in [-0.2, -0.15) is 0 Å². The average Bonchev–Trinajstić information content (AvgIpc) is 2.84. The maximum atomic E-state index is 12.5. The zero-order valence-corrected chi connectivity index (χ0v) is 17.2. The van der Waals surface area contributed by atoms with E-state index >= 15 is 0 Å². The molecule has 0 bridgehead atoms. The molecule has 5 heteroatoms. The van der Waals surface area contributed by atoms with Gasteiger partial charge in [0.2, 0.25) is 5.91 Å². The van der Waals surface area contributed by atoms with Crippen molar-refractivity contribution in [3.05, 3.63) is 35.4 Å². The van der Waals surface area contributed by atoms with Crippen molar-refractivity contribution in [2.24, 2.45) is 0 Å². The highest BCUT2D eigenvalue weighted by Crippen LogP contribution is 2.32. The van der Waals surface area contributed by atoms with Gasteiger partial charge in [-0.3, -0.25) is 14.6 Å². The van der Waals surface area contributed by atoms with Gasteiger partial charge in [0.25, 0.3) is 0 Å². The van der Waals surface area contributed by atoms with Gasteiger partial charge in [-0.05, 0) is 37.4 Å². The predicted molar refractivity (Wildman–Crippen MR) is 109 cm³/mol. The van der Waals surface area contributed by atoms with Crippen molar-refractivity contribution < 1.29 is 9.53 Å². The second-order valence-electron chi connectivity index (χ2n) is 8.15. The summed E-state index contributed by atoms with van der Waals surface area (Å²) in [5.41, 5.74) is 2.89. The number of aryl methyl sites for hydroxylation is 1. The zero-order chi connectivity index (χ0) is 19.3. The van der Waals surface area contributed by atoms with Gasteiger partial charge in [0.15, 0.2) is 0 Å². The summed E-state index contributed by atoms with van der Waals surface area (Å²) < 4.78 is 5.18. The molecular formula is C22H35N3O2. The first-order valence-corrected chi connectivity index (χ1v) is 10.3. The molecule has 0 saturated carbocycles. The number of carbonyl (C=O) groups excluding carboxylic acids is 1. The second kappa shape index (κ2) is 9.18. The van der Waals surface area contributed by atoms with E-state index in [1.54, 1.807) is 7.11 Å². The smallest absolute Gasteiger partial charge is 0.222 e. The van der Waals surface area contributed by atoms with Crippen molar-refractivity contribution >= 4 is 5.91 Å². The van der Waals surface area contributed by atoms with E-state index in [1.807, 2.05) is 4.90 Å². The first-order chi connectivity index (χ1) is 13.1. The van der Waals surface area contributed by atoms with Gasteiger partial charge >= 0.3 is 0 Å². The molecule has 0 N–H and O–H groups in total. The van der Waals surface area contributed by atoms with Crippen LogP contribution in [0.4, 0.5) is 0 Å². The summed E-state index contributed by atoms with van der Waals surface area (Å²) >= 11 is 0. The van der Waals surface area contributed by atoms with Gasteiger partial charge in [-0.15, -0.1) is 0 Å². The molecule has 2 heterocycles. The Balaban J connectivity index is 1.65. The van der Waals surface area contributed by atoms with Gasteiger partial charge < -0.3 is 9.64 Å². The minimum absolute atomic E-state index is 0.110. The third-order valence-electron chi connectivity index (χ3n) is 6.49. The molecule has 0 aromatic heterocycles. The number of rotatable bonds is 6. The van der Waals surface area contributed by atoms with Crippen LogP contribution in [-0.2, 0) is 22.5 Å². The quantitative estimate of drug-likeness (QED) is 0.767. The fraction of sp³-hybridized carbons (Fsp3) is 0.682. The highest BCUT2D eigenvalue weighted by Gasteiger charge is 2.42. The van der Waals surface area contributed by atoms with E-state index in [4.69, 9.17) is 4.74 Å². The monoisotopic (exact) mass is 373 g/mol. The molecule has 27 heavy (non-hydrogen) atoms. The van der Waals surface area contributed by atoms with E-state index in [0.717, 1.165) is 52.0 Å². The van der Waals surface area contributed by atoms with Crippen LogP contribution in [0.2, 0.25) is 0 Å². The van der Waals surface area contributed by atoms with Crippen LogP contribution >= 0.6 is 0 Å². The van der Waals surface area contributed by atoms with Crippen molar-refractivity contribution in [2.45, 2.75) is 44.7 Å². The van der Waals surface area contributed by atoms with Crippen molar-refractivity contribution in [1.29, 1.82) is 0 Å². The number of nitrogens with zero attached hydrogens (tertiary/aromatic N) is 3. The summed E-state index contributed by atoms with van der Waals surface area (Å²) in [5.74, 6) is 0.282. The Bertz CT molecular complexity index is 618. The molecule has 1 spiro atoms. The minimum Gasteiger partial charge on any atom is -0.383 e. The predicted octanol–water partition coefficient (Wildman–Crippen LogP) is 2.39. The van der Waals surface area contributed by atoms with Crippen molar-refractivity contribution in [3.8, 4) is 0 Å². The number of hydrogen-bond acceptors (Lipinski definition) is 4. The lowest BCUT2D eigenvalue weighted by atomic mass is 9.86. The number of amides is 1. The Morgan fingerprint density at radius 2 is 1.81 bits per heavy atom. The van der Waals surface area contributed by atoms with Crippen LogP contribution in [0.5, 0.6) is 0 Å². The first-order valence-electron chi connectivity index (χ1n) is 10.3. The third-order valence-corrected chi connectivity index (χ3v) is 6.49. The van der Waals surface area contributed by atoms with E-state index in [2.05, 4.69) is 48.0 Å². The van der Waals surface area contributed by atoms with Gasteiger partial charge in [-0.25, -0.2) is 0 Å². The number of likely N-dealkylation sites (tertiary alicyclic amines) is 1. The molecule has 1 aromatic rings. The van der Waals surface area contributed by atoms with E-state index < -0.39 is 0 Å². The van der Waals surface area contributed by atoms with Crippen LogP contribution in [0.25, 0.3) is 0 Å². The highest BCUT2D eigenvalue weighted by atomic mass is 16.5. The molecule has 1 aromatic carbocycles. The van der Waals surface area contributed by atoms with Crippen LogP contribution in [0, 0.1) is 0 Å². The summed E-state index contributed by atoms with van der Waals surface area (Å²) in [4.78, 5) is 19.6. The van der Waals surface area contributed by atoms with E-state index in [-0.39, 0.29) is 11.4 Å². The molecule has 2 aliphatic heterocycles. The molecule has 3 rings (SSSR count). The maximum absolute atomic E-state index is 12.5. The summed E-state index contributed by atoms with van der Waals surface area (Å²) in [6.45, 7) is 8.57. The Kier molecular flexibility index (Phi) is 6.90. The van der Waals surface area contributed by atoms with Crippen LogP contribution in [0.15, 0.2) is 24.3 Å². The van der Waals surface area contributed by atoms with Crippen LogP contribution in [-0.4, -0.2) is 79.6 Å². The van der Waals surface area contributed by atoms with Gasteiger partial charge in [-0.1, -0.05) is 31.2 Å². The number of carbonyl (C=O) groups is 1. The molecule has 0 aliphatic carbocycles. The zero-order valence-electron chi connectivity index (χ0n) is 17.2. The van der Waals surface area contributed by atoms with E-state index in [9.17, 15) is 4.79 Å². The van der Waals surface area contributed by atoms with Crippen LogP contribution in [0.3, 0.4) is 0 Å². The molecule has 1 atom stereocenters. The number of ether oxygens (including phenoxy) is 1. The van der Waals surface area contributed by atoms with E-state index in [0.29, 0.717) is 19.6 Å². The van der Waals surface area contributed by atoms with Crippen molar-refractivity contribution in [1.82, 2.24) is 14.7 Å². The Hall–Kier alpha value is -1.43. The normalized spacial score (nSPS) is 25.1. The standard InChI is InChI=1S/C22H35N3O2/c1-4-19-5-7-20(8-6-19)17-24-14-13-23(2)22(18-24)10-9-21(26)25(12-11-22)15-16-27-3/h5-8H,4,9-18H2,1-3H3/t22-/m1/s1. The lowest BCUT2D eigenvalue weighted by Crippen LogP contribution is -2.60. The van der Waals surface area contributed by atoms with Crippen molar-refractivity contribution in [3.63, 3.8) is 0 Å². The van der Waals surface area contributed by atoms with Crippen LogP contribution in [0.1, 0.15) is 37.3 Å². The molecule has 1 amide bonds. The molecule has 0 radical (unpaired) electrons. The largest absolute Gasteiger partial charge is 0.383 e. The van der Waals surface area contributed by atoms with Gasteiger partial charge in [0, 0.05) is 58.3 Å². The molecule has 2 fully saturated rings. The summed E-state index contributed by atoms with van der Waals surface area (Å²) in [7, 11) is 3.94. The fourth-order valence-electron chi connectivity index (χ4n) is 4.49. The average molecular weight is 374 g/mol. The van der Waals surface area contributed by atoms with Crippen molar-refractivity contribution in [2.75, 3.05) is 53.5 Å². The number of piperazine rings is 1. The maximum Gasteiger partial charge on any atom is 0.222 e. The third kappa shape index (κ3) is 4.89. The number of likely N-dealkylation sites (N-methyl/N-ethyl adjacent to an activating group) is 1. The molecular weight excluding hydrogens is 338 g/mol. The number of methoxy groups -OCH3 is 1. The summed E-state index contributed by atoms with van der Waals surface area (Å²) in [6, 6.07) is 9.04. The molecule has 5 nitrogen and oxygen atoms in total. The first kappa shape index (κ1) is 20.3. The molecule has 150 valence electrons. The highest BCUT2D eigenvalue weighted by molar-refractivity contribution is 5.76. The molecule has 2 aliphatic rings. The lowest BCUT2D eigenvalue weighted by molar-refractivity contribution is -0.131. The second-order valence-corrected chi connectivity index (χ2v) is 8.15. The minimum atomic E-state index is 0.110. The fourth-order valence-corrected chi connectivity index (χ4v) is 4.49. The summed E-state index contributed by atoms with van der Waals surface area (Å²) in [5, 5.41) is 0. The van der Waals surface area contributed by atoms with Gasteiger partial charge in [0.05, 0.1) is 6.61 Å². The number of benzene rings is 1. The SMILES string of the molecule is CCc1ccc(CN2CCN(C)[C@@]3(CCC(=O)N(CCOC)CC3)C2)cc1. The molecule has 0 unspecified atom stereocenters. The lowest BCUT2D eigenvalue weighted by Gasteiger charge is -2.49. The van der Waals surface area contributed by atoms with E-state index in [1.165, 1.54) is 11.1 Å². The Labute approximate surface area is 164 Å². The Morgan fingerprint density at radius 3 is 2.52 bits per heavy atom. The summed E-state index contributed by atoms with van der Waals surface area (Å²) in [6.07, 6.45) is 3.74. The van der Waals surface area contributed by atoms with Crippen LogP contribution < -0.4 is 0 Å². The van der Waals surface area contributed by atoms with Gasteiger partial charge in [0.1, 0.15) is 0 Å². The Morgan fingerprint density at radius 1 is 1.07 bits per heavy atom.